The Morgan fingerprint density at radius 2 is 2.22 bits per heavy atom. The van der Waals surface area contributed by atoms with Crippen LogP contribution in [0.3, 0.4) is 0 Å². The third kappa shape index (κ3) is 3.86. The first-order chi connectivity index (χ1) is 11.0. The lowest BCUT2D eigenvalue weighted by Crippen LogP contribution is -2.68. The van der Waals surface area contributed by atoms with Gasteiger partial charge in [0.15, 0.2) is 5.96 Å². The summed E-state index contributed by atoms with van der Waals surface area (Å²) in [5, 5.41) is 6.71. The normalized spacial score (nSPS) is 25.3. The summed E-state index contributed by atoms with van der Waals surface area (Å²) in [6.07, 6.45) is 6.84. The van der Waals surface area contributed by atoms with E-state index in [0.29, 0.717) is 24.7 Å². The Labute approximate surface area is 139 Å². The van der Waals surface area contributed by atoms with E-state index in [9.17, 15) is 4.79 Å². The Hall–Kier alpha value is -1.56. The van der Waals surface area contributed by atoms with E-state index in [1.54, 1.807) is 25.1 Å². The van der Waals surface area contributed by atoms with E-state index in [2.05, 4.69) is 29.1 Å². The first-order valence-corrected chi connectivity index (χ1v) is 8.51. The van der Waals surface area contributed by atoms with E-state index in [1.807, 2.05) is 0 Å². The summed E-state index contributed by atoms with van der Waals surface area (Å²) in [6.45, 7) is 7.31. The van der Waals surface area contributed by atoms with Gasteiger partial charge in [0, 0.05) is 38.7 Å². The molecule has 2 unspecified atom stereocenters. The number of nitrogens with zero attached hydrogens (tertiary/aromatic N) is 2. The number of likely N-dealkylation sites (N-methyl/N-ethyl adjacent to an activating group) is 1. The zero-order chi connectivity index (χ0) is 16.9. The Kier molecular flexibility index (Phi) is 6.04. The molecule has 2 fully saturated rings. The fourth-order valence-electron chi connectivity index (χ4n) is 3.42. The number of hydrogen-bond donors (Lipinski definition) is 2. The highest BCUT2D eigenvalue weighted by molar-refractivity contribution is 5.85. The van der Waals surface area contributed by atoms with Crippen molar-refractivity contribution < 1.29 is 9.53 Å². The molecule has 2 atom stereocenters. The van der Waals surface area contributed by atoms with Gasteiger partial charge in [0.05, 0.1) is 6.10 Å². The van der Waals surface area contributed by atoms with Crippen molar-refractivity contribution >= 4 is 11.9 Å². The third-order valence-electron chi connectivity index (χ3n) is 5.03. The molecule has 0 bridgehead atoms. The van der Waals surface area contributed by atoms with Crippen LogP contribution in [0.15, 0.2) is 17.6 Å². The van der Waals surface area contributed by atoms with Crippen LogP contribution in [0.25, 0.3) is 0 Å². The van der Waals surface area contributed by atoms with Gasteiger partial charge in [-0.1, -0.05) is 12.5 Å². The molecule has 130 valence electrons. The van der Waals surface area contributed by atoms with Gasteiger partial charge < -0.3 is 20.3 Å². The van der Waals surface area contributed by atoms with Crippen molar-refractivity contribution in [2.45, 2.75) is 44.8 Å². The standard InChI is InChI=1S/C17H30N4O2/c1-5-10-18-16(19-12-15(22)21(3)4)20-13-11-14(23-6-2)17(13)8-7-9-17/h5,13-14H,1,6-12H2,2-4H3,(H2,18,19,20). The summed E-state index contributed by atoms with van der Waals surface area (Å²) in [5.74, 6) is 0.676. The van der Waals surface area contributed by atoms with Gasteiger partial charge in [-0.25, -0.2) is 4.99 Å². The van der Waals surface area contributed by atoms with Crippen molar-refractivity contribution in [2.75, 3.05) is 33.8 Å². The SMILES string of the molecule is C=CCNC(=NCC(=O)N(C)C)NC1CC(OCC)C12CCC2. The first-order valence-electron chi connectivity index (χ1n) is 8.51. The molecule has 0 aliphatic heterocycles. The second-order valence-corrected chi connectivity index (χ2v) is 6.59. The summed E-state index contributed by atoms with van der Waals surface area (Å²) < 4.78 is 5.88. The zero-order valence-corrected chi connectivity index (χ0v) is 14.6. The number of rotatable bonds is 7. The number of guanidine groups is 1. The molecule has 0 heterocycles. The number of ether oxygens (including phenoxy) is 1. The van der Waals surface area contributed by atoms with Gasteiger partial charge in [0.25, 0.3) is 0 Å². The summed E-state index contributed by atoms with van der Waals surface area (Å²) in [5.41, 5.74) is 0.262. The lowest BCUT2D eigenvalue weighted by atomic mass is 9.51. The van der Waals surface area contributed by atoms with E-state index < -0.39 is 0 Å². The lowest BCUT2D eigenvalue weighted by Gasteiger charge is -2.61. The molecule has 1 amide bonds. The molecule has 0 saturated heterocycles. The summed E-state index contributed by atoms with van der Waals surface area (Å²) in [4.78, 5) is 17.7. The molecule has 0 aromatic heterocycles. The van der Waals surface area contributed by atoms with Crippen molar-refractivity contribution in [3.05, 3.63) is 12.7 Å². The minimum Gasteiger partial charge on any atom is -0.378 e. The average Bonchev–Trinajstić information content (AvgIpc) is 2.45. The second-order valence-electron chi connectivity index (χ2n) is 6.59. The molecule has 2 rings (SSSR count). The van der Waals surface area contributed by atoms with E-state index in [-0.39, 0.29) is 17.9 Å². The fraction of sp³-hybridized carbons (Fsp3) is 0.765. The molecule has 2 aliphatic carbocycles. The lowest BCUT2D eigenvalue weighted by molar-refractivity contribution is -0.168. The maximum atomic E-state index is 11.7. The highest BCUT2D eigenvalue weighted by Gasteiger charge is 2.59. The molecule has 1 spiro atoms. The van der Waals surface area contributed by atoms with Gasteiger partial charge in [-0.3, -0.25) is 4.79 Å². The minimum absolute atomic E-state index is 0.0103. The number of amides is 1. The highest BCUT2D eigenvalue weighted by Crippen LogP contribution is 2.57. The Bertz CT molecular complexity index is 458. The van der Waals surface area contributed by atoms with Crippen molar-refractivity contribution in [3.63, 3.8) is 0 Å². The second kappa shape index (κ2) is 7.81. The van der Waals surface area contributed by atoms with Crippen molar-refractivity contribution in [1.82, 2.24) is 15.5 Å². The van der Waals surface area contributed by atoms with Crippen LogP contribution in [0.2, 0.25) is 0 Å². The molecule has 23 heavy (non-hydrogen) atoms. The predicted molar refractivity (Wildman–Crippen MR) is 92.4 cm³/mol. The molecular weight excluding hydrogens is 292 g/mol. The Morgan fingerprint density at radius 1 is 1.48 bits per heavy atom. The Balaban J connectivity index is 1.96. The number of hydrogen-bond acceptors (Lipinski definition) is 3. The van der Waals surface area contributed by atoms with Crippen LogP contribution in [0.1, 0.15) is 32.6 Å². The zero-order valence-electron chi connectivity index (χ0n) is 14.6. The maximum Gasteiger partial charge on any atom is 0.243 e. The van der Waals surface area contributed by atoms with Gasteiger partial charge in [0.2, 0.25) is 5.91 Å². The van der Waals surface area contributed by atoms with E-state index in [4.69, 9.17) is 4.74 Å². The van der Waals surface area contributed by atoms with Crippen LogP contribution < -0.4 is 10.6 Å². The number of carbonyl (C=O) groups is 1. The van der Waals surface area contributed by atoms with Gasteiger partial charge >= 0.3 is 0 Å². The quantitative estimate of drug-likeness (QED) is 0.419. The predicted octanol–water partition coefficient (Wildman–Crippen LogP) is 1.14. The van der Waals surface area contributed by atoms with Crippen molar-refractivity contribution in [2.24, 2.45) is 10.4 Å². The molecule has 2 N–H and O–H groups in total. The number of nitrogens with one attached hydrogen (secondary N) is 2. The monoisotopic (exact) mass is 322 g/mol. The van der Waals surface area contributed by atoms with Crippen LogP contribution >= 0.6 is 0 Å². The van der Waals surface area contributed by atoms with E-state index >= 15 is 0 Å². The van der Waals surface area contributed by atoms with Crippen LogP contribution in [0.4, 0.5) is 0 Å². The summed E-state index contributed by atoms with van der Waals surface area (Å²) in [7, 11) is 3.48. The van der Waals surface area contributed by atoms with Crippen LogP contribution in [-0.4, -0.2) is 62.7 Å². The number of aliphatic imine (C=N–C) groups is 1. The number of carbonyl (C=O) groups excluding carboxylic acids is 1. The van der Waals surface area contributed by atoms with Crippen molar-refractivity contribution in [1.29, 1.82) is 0 Å². The van der Waals surface area contributed by atoms with E-state index in [0.717, 1.165) is 13.0 Å². The maximum absolute atomic E-state index is 11.7. The molecule has 0 radical (unpaired) electrons. The van der Waals surface area contributed by atoms with Crippen LogP contribution in [-0.2, 0) is 9.53 Å². The average molecular weight is 322 g/mol. The van der Waals surface area contributed by atoms with Crippen LogP contribution in [0.5, 0.6) is 0 Å². The highest BCUT2D eigenvalue weighted by atomic mass is 16.5. The molecule has 2 aliphatic rings. The van der Waals surface area contributed by atoms with Gasteiger partial charge in [0.1, 0.15) is 6.54 Å². The molecule has 6 heteroatoms. The van der Waals surface area contributed by atoms with Crippen molar-refractivity contribution in [3.8, 4) is 0 Å². The molecule has 6 nitrogen and oxygen atoms in total. The molecule has 0 aromatic carbocycles. The Morgan fingerprint density at radius 3 is 2.74 bits per heavy atom. The van der Waals surface area contributed by atoms with Gasteiger partial charge in [-0.05, 0) is 26.2 Å². The molecule has 2 saturated carbocycles. The molecular formula is C17H30N4O2. The van der Waals surface area contributed by atoms with Gasteiger partial charge in [-0.2, -0.15) is 0 Å². The molecule has 0 aromatic rings. The minimum atomic E-state index is -0.0103. The first kappa shape index (κ1) is 17.8. The summed E-state index contributed by atoms with van der Waals surface area (Å²) >= 11 is 0. The van der Waals surface area contributed by atoms with Crippen LogP contribution in [0, 0.1) is 5.41 Å². The van der Waals surface area contributed by atoms with Gasteiger partial charge in [-0.15, -0.1) is 6.58 Å². The fourth-order valence-corrected chi connectivity index (χ4v) is 3.42. The third-order valence-corrected chi connectivity index (χ3v) is 5.03. The topological polar surface area (TPSA) is 66.0 Å². The largest absolute Gasteiger partial charge is 0.378 e. The van der Waals surface area contributed by atoms with E-state index in [1.165, 1.54) is 19.3 Å². The smallest absolute Gasteiger partial charge is 0.243 e. The summed E-state index contributed by atoms with van der Waals surface area (Å²) in [6, 6.07) is 0.373.